The number of likely N-dealkylation sites (N-methyl/N-ethyl adjacent to an activating group) is 1. The van der Waals surface area contributed by atoms with Gasteiger partial charge in [0, 0.05) is 12.6 Å². The molecule has 1 amide bonds. The number of hydrogen-bond acceptors (Lipinski definition) is 7. The van der Waals surface area contributed by atoms with E-state index in [1.54, 1.807) is 31.2 Å². The normalized spacial score (nSPS) is 18.9. The Morgan fingerprint density at radius 3 is 2.52 bits per heavy atom. The third kappa shape index (κ3) is 5.69. The second-order valence-electron chi connectivity index (χ2n) is 6.24. The number of ether oxygens (including phenoxy) is 2. The number of nitriles is 1. The molecular formula is C18H22N2O6S. The SMILES string of the molecule is CCN(C(=O)COC(=O)[C@H](C)Oc1ccc(C#N)cc1)[C@H]1CCS(=O)(=O)C1. The van der Waals surface area contributed by atoms with E-state index in [1.807, 2.05) is 6.07 Å². The van der Waals surface area contributed by atoms with Gasteiger partial charge in [-0.2, -0.15) is 5.26 Å². The van der Waals surface area contributed by atoms with Crippen LogP contribution in [-0.2, 0) is 24.2 Å². The molecule has 2 rings (SSSR count). The van der Waals surface area contributed by atoms with E-state index in [9.17, 15) is 18.0 Å². The van der Waals surface area contributed by atoms with E-state index in [0.29, 0.717) is 24.3 Å². The van der Waals surface area contributed by atoms with Gasteiger partial charge in [-0.15, -0.1) is 0 Å². The van der Waals surface area contributed by atoms with Crippen molar-refractivity contribution < 1.29 is 27.5 Å². The monoisotopic (exact) mass is 394 g/mol. The Morgan fingerprint density at radius 2 is 2.00 bits per heavy atom. The molecule has 0 saturated carbocycles. The lowest BCUT2D eigenvalue weighted by Gasteiger charge is -2.26. The van der Waals surface area contributed by atoms with E-state index in [-0.39, 0.29) is 17.5 Å². The maximum Gasteiger partial charge on any atom is 0.347 e. The molecule has 1 aliphatic rings. The van der Waals surface area contributed by atoms with Crippen LogP contribution in [-0.4, -0.2) is 62.0 Å². The van der Waals surface area contributed by atoms with Gasteiger partial charge in [-0.05, 0) is 44.5 Å². The first-order valence-electron chi connectivity index (χ1n) is 8.59. The first kappa shape index (κ1) is 20.7. The molecule has 146 valence electrons. The summed E-state index contributed by atoms with van der Waals surface area (Å²) in [5.41, 5.74) is 0.469. The molecule has 0 radical (unpaired) electrons. The maximum absolute atomic E-state index is 12.3. The molecule has 0 aromatic heterocycles. The Balaban J connectivity index is 1.85. The summed E-state index contributed by atoms with van der Waals surface area (Å²) >= 11 is 0. The van der Waals surface area contributed by atoms with Crippen molar-refractivity contribution in [3.05, 3.63) is 29.8 Å². The van der Waals surface area contributed by atoms with Gasteiger partial charge in [-0.3, -0.25) is 4.79 Å². The smallest absolute Gasteiger partial charge is 0.347 e. The zero-order valence-electron chi connectivity index (χ0n) is 15.3. The highest BCUT2D eigenvalue weighted by molar-refractivity contribution is 7.91. The highest BCUT2D eigenvalue weighted by Crippen LogP contribution is 2.18. The standard InChI is InChI=1S/C18H22N2O6S/c1-3-20(15-8-9-27(23,24)12-15)17(21)11-25-18(22)13(2)26-16-6-4-14(10-19)5-7-16/h4-7,13,15H,3,8-9,11-12H2,1-2H3/t13-,15-/m0/s1. The van der Waals surface area contributed by atoms with Crippen LogP contribution in [0.1, 0.15) is 25.8 Å². The fourth-order valence-electron chi connectivity index (χ4n) is 2.85. The zero-order valence-corrected chi connectivity index (χ0v) is 16.1. The van der Waals surface area contributed by atoms with Crippen molar-refractivity contribution in [2.24, 2.45) is 0 Å². The highest BCUT2D eigenvalue weighted by Gasteiger charge is 2.34. The van der Waals surface area contributed by atoms with E-state index in [1.165, 1.54) is 11.8 Å². The highest BCUT2D eigenvalue weighted by atomic mass is 32.2. The maximum atomic E-state index is 12.3. The molecule has 8 nitrogen and oxygen atoms in total. The van der Waals surface area contributed by atoms with Crippen molar-refractivity contribution in [1.82, 2.24) is 4.90 Å². The van der Waals surface area contributed by atoms with Gasteiger partial charge in [-0.25, -0.2) is 13.2 Å². The van der Waals surface area contributed by atoms with Gasteiger partial charge < -0.3 is 14.4 Å². The minimum absolute atomic E-state index is 0.0568. The number of nitrogens with zero attached hydrogens (tertiary/aromatic N) is 2. The minimum Gasteiger partial charge on any atom is -0.479 e. The molecule has 1 aliphatic heterocycles. The lowest BCUT2D eigenvalue weighted by molar-refractivity contribution is -0.158. The minimum atomic E-state index is -3.11. The van der Waals surface area contributed by atoms with E-state index in [0.717, 1.165) is 0 Å². The van der Waals surface area contributed by atoms with Crippen molar-refractivity contribution in [3.63, 3.8) is 0 Å². The molecule has 0 N–H and O–H groups in total. The first-order valence-corrected chi connectivity index (χ1v) is 10.4. The molecule has 0 unspecified atom stereocenters. The Labute approximate surface area is 158 Å². The molecule has 1 fully saturated rings. The molecule has 1 aromatic rings. The van der Waals surface area contributed by atoms with Gasteiger partial charge in [0.25, 0.3) is 5.91 Å². The molecule has 1 aromatic carbocycles. The van der Waals surface area contributed by atoms with Gasteiger partial charge in [-0.1, -0.05) is 0 Å². The van der Waals surface area contributed by atoms with Gasteiger partial charge >= 0.3 is 5.97 Å². The lowest BCUT2D eigenvalue weighted by atomic mass is 10.2. The first-order chi connectivity index (χ1) is 12.8. The van der Waals surface area contributed by atoms with Crippen LogP contribution in [0.4, 0.5) is 0 Å². The van der Waals surface area contributed by atoms with Gasteiger partial charge in [0.1, 0.15) is 5.75 Å². The van der Waals surface area contributed by atoms with Gasteiger partial charge in [0.2, 0.25) is 0 Å². The average molecular weight is 394 g/mol. The summed E-state index contributed by atoms with van der Waals surface area (Å²) in [4.78, 5) is 25.8. The van der Waals surface area contributed by atoms with Crippen molar-refractivity contribution in [3.8, 4) is 11.8 Å². The Morgan fingerprint density at radius 1 is 1.33 bits per heavy atom. The van der Waals surface area contributed by atoms with E-state index >= 15 is 0 Å². The number of amides is 1. The number of hydrogen-bond donors (Lipinski definition) is 0. The van der Waals surface area contributed by atoms with Gasteiger partial charge in [0.15, 0.2) is 22.5 Å². The predicted octanol–water partition coefficient (Wildman–Crippen LogP) is 0.904. The Bertz CT molecular complexity index is 828. The quantitative estimate of drug-likeness (QED) is 0.631. The summed E-state index contributed by atoms with van der Waals surface area (Å²) in [6.07, 6.45) is -0.540. The van der Waals surface area contributed by atoms with Crippen molar-refractivity contribution in [2.75, 3.05) is 24.7 Å². The molecule has 2 atom stereocenters. The summed E-state index contributed by atoms with van der Waals surface area (Å²) in [7, 11) is -3.11. The van der Waals surface area contributed by atoms with Crippen molar-refractivity contribution in [2.45, 2.75) is 32.4 Å². The van der Waals surface area contributed by atoms with Crippen molar-refractivity contribution >= 4 is 21.7 Å². The van der Waals surface area contributed by atoms with Crippen LogP contribution in [0.15, 0.2) is 24.3 Å². The third-order valence-electron chi connectivity index (χ3n) is 4.28. The number of sulfone groups is 1. The molecule has 9 heteroatoms. The van der Waals surface area contributed by atoms with E-state index in [2.05, 4.69) is 0 Å². The number of esters is 1. The summed E-state index contributed by atoms with van der Waals surface area (Å²) < 4.78 is 33.6. The Hall–Kier alpha value is -2.60. The van der Waals surface area contributed by atoms with Crippen LogP contribution in [0.3, 0.4) is 0 Å². The predicted molar refractivity (Wildman–Crippen MR) is 96.7 cm³/mol. The topological polar surface area (TPSA) is 114 Å². The summed E-state index contributed by atoms with van der Waals surface area (Å²) in [5.74, 6) is -0.729. The van der Waals surface area contributed by atoms with Crippen LogP contribution >= 0.6 is 0 Å². The van der Waals surface area contributed by atoms with Crippen LogP contribution in [0.25, 0.3) is 0 Å². The second-order valence-corrected chi connectivity index (χ2v) is 8.47. The lowest BCUT2D eigenvalue weighted by Crippen LogP contribution is -2.43. The van der Waals surface area contributed by atoms with Crippen LogP contribution in [0.2, 0.25) is 0 Å². The zero-order chi connectivity index (χ0) is 20.0. The number of rotatable bonds is 7. The largest absolute Gasteiger partial charge is 0.479 e. The van der Waals surface area contributed by atoms with Crippen LogP contribution in [0.5, 0.6) is 5.75 Å². The van der Waals surface area contributed by atoms with E-state index in [4.69, 9.17) is 14.7 Å². The van der Waals surface area contributed by atoms with Crippen LogP contribution < -0.4 is 4.74 Å². The molecule has 1 heterocycles. The second kappa shape index (κ2) is 8.86. The third-order valence-corrected chi connectivity index (χ3v) is 6.03. The molecule has 0 aliphatic carbocycles. The molecule has 27 heavy (non-hydrogen) atoms. The molecule has 1 saturated heterocycles. The van der Waals surface area contributed by atoms with Gasteiger partial charge in [0.05, 0.1) is 23.1 Å². The summed E-state index contributed by atoms with van der Waals surface area (Å²) in [5, 5.41) is 8.76. The van der Waals surface area contributed by atoms with E-state index < -0.39 is 34.4 Å². The Kier molecular flexibility index (Phi) is 6.80. The number of carbonyl (C=O) groups is 2. The molecular weight excluding hydrogens is 372 g/mol. The summed E-state index contributed by atoms with van der Waals surface area (Å²) in [6.45, 7) is 3.12. The number of benzene rings is 1. The molecule has 0 bridgehead atoms. The van der Waals surface area contributed by atoms with Crippen LogP contribution in [0, 0.1) is 11.3 Å². The molecule has 0 spiro atoms. The summed E-state index contributed by atoms with van der Waals surface area (Å²) in [6, 6.07) is 7.85. The number of carbonyl (C=O) groups excluding carboxylic acids is 2. The average Bonchev–Trinajstić information content (AvgIpc) is 3.00. The fourth-order valence-corrected chi connectivity index (χ4v) is 4.58. The van der Waals surface area contributed by atoms with Crippen molar-refractivity contribution in [1.29, 1.82) is 5.26 Å². The fraction of sp³-hybridized carbons (Fsp3) is 0.500.